The number of nitro benzene ring substituents is 1. The van der Waals surface area contributed by atoms with E-state index < -0.39 is 4.92 Å². The molecule has 0 bridgehead atoms. The molecule has 1 aromatic rings. The number of nitrogens with zero attached hydrogens (tertiary/aromatic N) is 2. The van der Waals surface area contributed by atoms with Crippen molar-refractivity contribution in [3.63, 3.8) is 0 Å². The van der Waals surface area contributed by atoms with E-state index in [0.717, 1.165) is 6.42 Å². The number of nitro groups is 1. The first-order chi connectivity index (χ1) is 9.16. The molecule has 0 spiro atoms. The third kappa shape index (κ3) is 1.96. The van der Waals surface area contributed by atoms with Crippen molar-refractivity contribution in [1.29, 1.82) is 0 Å². The zero-order valence-electron chi connectivity index (χ0n) is 10.1. The number of carbonyl (C=O) groups is 1. The van der Waals surface area contributed by atoms with Gasteiger partial charge in [-0.15, -0.1) is 0 Å². The molecule has 1 fully saturated rings. The van der Waals surface area contributed by atoms with Crippen LogP contribution >= 0.6 is 0 Å². The quantitative estimate of drug-likeness (QED) is 0.592. The lowest BCUT2D eigenvalue weighted by molar-refractivity contribution is -0.385. The maximum atomic E-state index is 12.2. The molecule has 0 N–H and O–H groups in total. The van der Waals surface area contributed by atoms with Gasteiger partial charge >= 0.3 is 0 Å². The van der Waals surface area contributed by atoms with Gasteiger partial charge in [-0.2, -0.15) is 0 Å². The molecule has 19 heavy (non-hydrogen) atoms. The Morgan fingerprint density at radius 2 is 1.84 bits per heavy atom. The van der Waals surface area contributed by atoms with Crippen LogP contribution in [-0.2, 0) is 0 Å². The van der Waals surface area contributed by atoms with E-state index in [1.54, 1.807) is 4.90 Å². The van der Waals surface area contributed by atoms with Crippen molar-refractivity contribution in [3.05, 3.63) is 27.8 Å². The van der Waals surface area contributed by atoms with Crippen LogP contribution in [-0.4, -0.2) is 42.0 Å². The lowest BCUT2D eigenvalue weighted by Crippen LogP contribution is -2.42. The van der Waals surface area contributed by atoms with Crippen molar-refractivity contribution in [3.8, 4) is 11.5 Å². The summed E-state index contributed by atoms with van der Waals surface area (Å²) in [7, 11) is 0. The fraction of sp³-hybridized carbons (Fsp3) is 0.417. The van der Waals surface area contributed by atoms with Gasteiger partial charge in [0.1, 0.15) is 18.8 Å². The van der Waals surface area contributed by atoms with E-state index in [2.05, 4.69) is 0 Å². The fourth-order valence-corrected chi connectivity index (χ4v) is 2.09. The standard InChI is InChI=1S/C12H12N2O5/c15-12(13-2-1-3-13)8-6-10-11(19-5-4-18-10)7-9(8)14(16)17/h6-7H,1-5H2. The van der Waals surface area contributed by atoms with Crippen LogP contribution in [0.25, 0.3) is 0 Å². The number of fused-ring (bicyclic) bond motifs is 1. The average molecular weight is 264 g/mol. The summed E-state index contributed by atoms with van der Waals surface area (Å²) in [4.78, 5) is 24.3. The summed E-state index contributed by atoms with van der Waals surface area (Å²) < 4.78 is 10.7. The molecule has 1 amide bonds. The van der Waals surface area contributed by atoms with Gasteiger partial charge in [0, 0.05) is 19.2 Å². The Morgan fingerprint density at radius 3 is 2.37 bits per heavy atom. The van der Waals surface area contributed by atoms with Gasteiger partial charge in [0.05, 0.1) is 11.0 Å². The predicted molar refractivity (Wildman–Crippen MR) is 64.6 cm³/mol. The van der Waals surface area contributed by atoms with Crippen LogP contribution in [0.15, 0.2) is 12.1 Å². The molecule has 0 aromatic heterocycles. The summed E-state index contributed by atoms with van der Waals surface area (Å²) in [5, 5.41) is 11.1. The Morgan fingerprint density at radius 1 is 1.21 bits per heavy atom. The molecule has 3 rings (SSSR count). The first-order valence-corrected chi connectivity index (χ1v) is 6.04. The molecule has 2 aliphatic heterocycles. The maximum Gasteiger partial charge on any atom is 0.286 e. The van der Waals surface area contributed by atoms with Gasteiger partial charge in [-0.25, -0.2) is 0 Å². The van der Waals surface area contributed by atoms with Crippen LogP contribution in [0.4, 0.5) is 5.69 Å². The molecular weight excluding hydrogens is 252 g/mol. The van der Waals surface area contributed by atoms with Crippen molar-refractivity contribution < 1.29 is 19.2 Å². The van der Waals surface area contributed by atoms with E-state index in [1.807, 2.05) is 0 Å². The third-order valence-electron chi connectivity index (χ3n) is 3.23. The first kappa shape index (κ1) is 11.8. The van der Waals surface area contributed by atoms with Gasteiger partial charge in [-0.05, 0) is 6.42 Å². The van der Waals surface area contributed by atoms with Crippen LogP contribution in [0.2, 0.25) is 0 Å². The first-order valence-electron chi connectivity index (χ1n) is 6.04. The largest absolute Gasteiger partial charge is 0.486 e. The zero-order chi connectivity index (χ0) is 13.4. The summed E-state index contributed by atoms with van der Waals surface area (Å²) in [6.45, 7) is 2.01. The van der Waals surface area contributed by atoms with Crippen molar-refractivity contribution in [2.24, 2.45) is 0 Å². The van der Waals surface area contributed by atoms with Crippen LogP contribution in [0.3, 0.4) is 0 Å². The highest BCUT2D eigenvalue weighted by atomic mass is 16.6. The van der Waals surface area contributed by atoms with Crippen molar-refractivity contribution >= 4 is 11.6 Å². The third-order valence-corrected chi connectivity index (χ3v) is 3.23. The van der Waals surface area contributed by atoms with Crippen LogP contribution in [0.5, 0.6) is 11.5 Å². The van der Waals surface area contributed by atoms with Crippen molar-refractivity contribution in [2.45, 2.75) is 6.42 Å². The molecule has 0 saturated carbocycles. The van der Waals surface area contributed by atoms with Crippen LogP contribution in [0.1, 0.15) is 16.8 Å². The molecule has 0 radical (unpaired) electrons. The van der Waals surface area contributed by atoms with Gasteiger partial charge in [0.2, 0.25) is 0 Å². The number of benzene rings is 1. The molecule has 7 heteroatoms. The number of likely N-dealkylation sites (tertiary alicyclic amines) is 1. The van der Waals surface area contributed by atoms with E-state index in [-0.39, 0.29) is 17.2 Å². The van der Waals surface area contributed by atoms with E-state index in [4.69, 9.17) is 9.47 Å². The number of hydrogen-bond acceptors (Lipinski definition) is 5. The molecule has 7 nitrogen and oxygen atoms in total. The molecule has 0 aliphatic carbocycles. The average Bonchev–Trinajstić information content (AvgIpc) is 2.35. The molecule has 0 unspecified atom stereocenters. The van der Waals surface area contributed by atoms with Crippen LogP contribution < -0.4 is 9.47 Å². The SMILES string of the molecule is O=C(c1cc2c(cc1[N+](=O)[O-])OCCO2)N1CCC1. The minimum absolute atomic E-state index is 0.0638. The summed E-state index contributed by atoms with van der Waals surface area (Å²) in [6, 6.07) is 2.68. The predicted octanol–water partition coefficient (Wildman–Crippen LogP) is 1.21. The number of ether oxygens (including phenoxy) is 2. The van der Waals surface area contributed by atoms with E-state index >= 15 is 0 Å². The number of amides is 1. The smallest absolute Gasteiger partial charge is 0.286 e. The lowest BCUT2D eigenvalue weighted by atomic mass is 10.1. The minimum Gasteiger partial charge on any atom is -0.486 e. The van der Waals surface area contributed by atoms with Gasteiger partial charge in [0.15, 0.2) is 11.5 Å². The van der Waals surface area contributed by atoms with Crippen LogP contribution in [0, 0.1) is 10.1 Å². The second-order valence-electron chi connectivity index (χ2n) is 4.42. The summed E-state index contributed by atoms with van der Waals surface area (Å²) >= 11 is 0. The Labute approximate surface area is 108 Å². The second kappa shape index (κ2) is 4.42. The van der Waals surface area contributed by atoms with Gasteiger partial charge < -0.3 is 14.4 Å². The molecule has 2 aliphatic rings. The molecule has 1 aromatic carbocycles. The lowest BCUT2D eigenvalue weighted by Gasteiger charge is -2.31. The van der Waals surface area contributed by atoms with Gasteiger partial charge in [-0.3, -0.25) is 14.9 Å². The summed E-state index contributed by atoms with van der Waals surface area (Å²) in [6.07, 6.45) is 0.935. The van der Waals surface area contributed by atoms with Crippen molar-refractivity contribution in [1.82, 2.24) is 4.90 Å². The minimum atomic E-state index is -0.564. The molecule has 2 heterocycles. The molecule has 0 atom stereocenters. The maximum absolute atomic E-state index is 12.2. The molecular formula is C12H12N2O5. The highest BCUT2D eigenvalue weighted by Crippen LogP contribution is 2.37. The number of rotatable bonds is 2. The highest BCUT2D eigenvalue weighted by molar-refractivity contribution is 5.99. The second-order valence-corrected chi connectivity index (χ2v) is 4.42. The van der Waals surface area contributed by atoms with Gasteiger partial charge in [-0.1, -0.05) is 0 Å². The Kier molecular flexibility index (Phi) is 2.73. The monoisotopic (exact) mass is 264 g/mol. The topological polar surface area (TPSA) is 81.9 Å². The number of carbonyl (C=O) groups excluding carboxylic acids is 1. The zero-order valence-corrected chi connectivity index (χ0v) is 10.1. The summed E-state index contributed by atoms with van der Waals surface area (Å²) in [5.41, 5.74) is -0.171. The molecule has 1 saturated heterocycles. The van der Waals surface area contributed by atoms with E-state index in [1.165, 1.54) is 12.1 Å². The Hall–Kier alpha value is -2.31. The van der Waals surface area contributed by atoms with Crippen molar-refractivity contribution in [2.75, 3.05) is 26.3 Å². The van der Waals surface area contributed by atoms with E-state index in [0.29, 0.717) is 37.8 Å². The Bertz CT molecular complexity index is 553. The van der Waals surface area contributed by atoms with E-state index in [9.17, 15) is 14.9 Å². The summed E-state index contributed by atoms with van der Waals surface area (Å²) in [5.74, 6) is 0.383. The fourth-order valence-electron chi connectivity index (χ4n) is 2.09. The highest BCUT2D eigenvalue weighted by Gasteiger charge is 2.31. The molecule has 100 valence electrons. The normalized spacial score (nSPS) is 16.7. The van der Waals surface area contributed by atoms with Gasteiger partial charge in [0.25, 0.3) is 11.6 Å². The Balaban J connectivity index is 2.05. The number of hydrogen-bond donors (Lipinski definition) is 0.